The fourth-order valence-electron chi connectivity index (χ4n) is 2.05. The molecule has 1 saturated heterocycles. The summed E-state index contributed by atoms with van der Waals surface area (Å²) in [4.78, 5) is 6.58. The lowest BCUT2D eigenvalue weighted by Crippen LogP contribution is -2.34. The van der Waals surface area contributed by atoms with E-state index in [2.05, 4.69) is 28.3 Å². The Morgan fingerprint density at radius 1 is 1.60 bits per heavy atom. The molecule has 1 unspecified atom stereocenters. The number of pyridine rings is 1. The fraction of sp³-hybridized carbons (Fsp3) is 0.583. The zero-order valence-electron chi connectivity index (χ0n) is 9.32. The highest BCUT2D eigenvalue weighted by Crippen LogP contribution is 2.07. The lowest BCUT2D eigenvalue weighted by Gasteiger charge is -2.23. The largest absolute Gasteiger partial charge is 0.315 e. The monoisotopic (exact) mass is 205 g/mol. The van der Waals surface area contributed by atoms with Crippen molar-refractivity contribution >= 4 is 0 Å². The minimum Gasteiger partial charge on any atom is -0.315 e. The van der Waals surface area contributed by atoms with Gasteiger partial charge in [0.2, 0.25) is 0 Å². The third-order valence-electron chi connectivity index (χ3n) is 3.13. The second-order valence-electron chi connectivity index (χ2n) is 4.24. The molecule has 3 heteroatoms. The Hall–Kier alpha value is -0.930. The van der Waals surface area contributed by atoms with Crippen LogP contribution in [0.4, 0.5) is 0 Å². The van der Waals surface area contributed by atoms with E-state index in [1.165, 1.54) is 18.5 Å². The molecule has 1 aliphatic rings. The fourth-order valence-corrected chi connectivity index (χ4v) is 2.05. The summed E-state index contributed by atoms with van der Waals surface area (Å²) in [5.41, 5.74) is 1.33. The zero-order valence-corrected chi connectivity index (χ0v) is 9.32. The van der Waals surface area contributed by atoms with Crippen LogP contribution in [0, 0.1) is 0 Å². The summed E-state index contributed by atoms with van der Waals surface area (Å²) in [6.45, 7) is 3.43. The van der Waals surface area contributed by atoms with E-state index in [4.69, 9.17) is 0 Å². The number of nitrogens with one attached hydrogen (secondary N) is 1. The molecular formula is C12H19N3. The first-order valence-corrected chi connectivity index (χ1v) is 5.66. The molecule has 2 rings (SSSR count). The first-order valence-electron chi connectivity index (χ1n) is 5.66. The molecule has 82 valence electrons. The highest BCUT2D eigenvalue weighted by atomic mass is 15.2. The topological polar surface area (TPSA) is 28.2 Å². The van der Waals surface area contributed by atoms with Gasteiger partial charge in [-0.1, -0.05) is 6.07 Å². The van der Waals surface area contributed by atoms with Gasteiger partial charge in [-0.15, -0.1) is 0 Å². The molecular weight excluding hydrogens is 186 g/mol. The SMILES string of the molecule is CN(CCc1cccnc1)C1CCNC1. The molecule has 1 N–H and O–H groups in total. The predicted octanol–water partition coefficient (Wildman–Crippen LogP) is 0.918. The van der Waals surface area contributed by atoms with Crippen LogP contribution in [0.2, 0.25) is 0 Å². The van der Waals surface area contributed by atoms with Crippen LogP contribution < -0.4 is 5.32 Å². The van der Waals surface area contributed by atoms with Gasteiger partial charge in [0.15, 0.2) is 0 Å². The highest BCUT2D eigenvalue weighted by molar-refractivity contribution is 5.08. The van der Waals surface area contributed by atoms with Crippen LogP contribution >= 0.6 is 0 Å². The highest BCUT2D eigenvalue weighted by Gasteiger charge is 2.18. The van der Waals surface area contributed by atoms with Crippen molar-refractivity contribution in [1.82, 2.24) is 15.2 Å². The summed E-state index contributed by atoms with van der Waals surface area (Å²) in [7, 11) is 2.22. The first kappa shape index (κ1) is 10.6. The Balaban J connectivity index is 1.77. The van der Waals surface area contributed by atoms with Crippen molar-refractivity contribution in [3.63, 3.8) is 0 Å². The number of likely N-dealkylation sites (N-methyl/N-ethyl adjacent to an activating group) is 1. The molecule has 0 radical (unpaired) electrons. The molecule has 1 fully saturated rings. The summed E-state index contributed by atoms with van der Waals surface area (Å²) >= 11 is 0. The quantitative estimate of drug-likeness (QED) is 0.792. The summed E-state index contributed by atoms with van der Waals surface area (Å²) in [5.74, 6) is 0. The van der Waals surface area contributed by atoms with E-state index in [9.17, 15) is 0 Å². The molecule has 15 heavy (non-hydrogen) atoms. The van der Waals surface area contributed by atoms with Gasteiger partial charge in [-0.2, -0.15) is 0 Å². The van der Waals surface area contributed by atoms with Gasteiger partial charge in [0.25, 0.3) is 0 Å². The Kier molecular flexibility index (Phi) is 3.69. The molecule has 2 heterocycles. The zero-order chi connectivity index (χ0) is 10.5. The van der Waals surface area contributed by atoms with Crippen LogP contribution in [-0.2, 0) is 6.42 Å². The van der Waals surface area contributed by atoms with E-state index < -0.39 is 0 Å². The van der Waals surface area contributed by atoms with Crippen LogP contribution in [0.25, 0.3) is 0 Å². The van der Waals surface area contributed by atoms with Gasteiger partial charge in [0.05, 0.1) is 0 Å². The van der Waals surface area contributed by atoms with Crippen LogP contribution in [0.3, 0.4) is 0 Å². The second-order valence-corrected chi connectivity index (χ2v) is 4.24. The molecule has 1 aromatic rings. The summed E-state index contributed by atoms with van der Waals surface area (Å²) in [5, 5.41) is 3.40. The molecule has 0 spiro atoms. The van der Waals surface area contributed by atoms with Crippen LogP contribution in [0.15, 0.2) is 24.5 Å². The van der Waals surface area contributed by atoms with Gasteiger partial charge >= 0.3 is 0 Å². The van der Waals surface area contributed by atoms with E-state index in [0.29, 0.717) is 0 Å². The van der Waals surface area contributed by atoms with E-state index in [-0.39, 0.29) is 0 Å². The molecule has 0 bridgehead atoms. The molecule has 1 aromatic heterocycles. The second kappa shape index (κ2) is 5.24. The van der Waals surface area contributed by atoms with Crippen molar-refractivity contribution < 1.29 is 0 Å². The van der Waals surface area contributed by atoms with Gasteiger partial charge in [-0.25, -0.2) is 0 Å². The summed E-state index contributed by atoms with van der Waals surface area (Å²) < 4.78 is 0. The van der Waals surface area contributed by atoms with Gasteiger partial charge in [0.1, 0.15) is 0 Å². The normalized spacial score (nSPS) is 21.1. The maximum absolute atomic E-state index is 4.13. The van der Waals surface area contributed by atoms with Gasteiger partial charge in [-0.05, 0) is 38.1 Å². The molecule has 1 aliphatic heterocycles. The van der Waals surface area contributed by atoms with Crippen molar-refractivity contribution in [1.29, 1.82) is 0 Å². The van der Waals surface area contributed by atoms with E-state index in [1.54, 1.807) is 0 Å². The minimum atomic E-state index is 0.724. The number of nitrogens with zero attached hydrogens (tertiary/aromatic N) is 2. The Morgan fingerprint density at radius 3 is 3.20 bits per heavy atom. The maximum atomic E-state index is 4.13. The lowest BCUT2D eigenvalue weighted by molar-refractivity contribution is 0.260. The molecule has 1 atom stereocenters. The van der Waals surface area contributed by atoms with E-state index in [0.717, 1.165) is 25.6 Å². The number of hydrogen-bond acceptors (Lipinski definition) is 3. The van der Waals surface area contributed by atoms with E-state index in [1.807, 2.05) is 18.5 Å². The molecule has 0 aromatic carbocycles. The average molecular weight is 205 g/mol. The third kappa shape index (κ3) is 3.01. The van der Waals surface area contributed by atoms with E-state index >= 15 is 0 Å². The third-order valence-corrected chi connectivity index (χ3v) is 3.13. The van der Waals surface area contributed by atoms with Crippen molar-refractivity contribution in [2.75, 3.05) is 26.7 Å². The van der Waals surface area contributed by atoms with Crippen molar-refractivity contribution in [3.8, 4) is 0 Å². The number of hydrogen-bond donors (Lipinski definition) is 1. The summed E-state index contributed by atoms with van der Waals surface area (Å²) in [6, 6.07) is 4.88. The number of aromatic nitrogens is 1. The molecule has 0 saturated carbocycles. The smallest absolute Gasteiger partial charge is 0.0300 e. The average Bonchev–Trinajstić information content (AvgIpc) is 2.81. The maximum Gasteiger partial charge on any atom is 0.0300 e. The van der Waals surface area contributed by atoms with Crippen molar-refractivity contribution in [2.24, 2.45) is 0 Å². The van der Waals surface area contributed by atoms with Gasteiger partial charge in [0, 0.05) is 31.5 Å². The molecule has 3 nitrogen and oxygen atoms in total. The van der Waals surface area contributed by atoms with Crippen LogP contribution in [0.5, 0.6) is 0 Å². The van der Waals surface area contributed by atoms with Crippen LogP contribution in [0.1, 0.15) is 12.0 Å². The molecule has 0 aliphatic carbocycles. The first-order chi connectivity index (χ1) is 7.36. The number of rotatable bonds is 4. The van der Waals surface area contributed by atoms with Crippen molar-refractivity contribution in [2.45, 2.75) is 18.9 Å². The van der Waals surface area contributed by atoms with Crippen molar-refractivity contribution in [3.05, 3.63) is 30.1 Å². The van der Waals surface area contributed by atoms with Gasteiger partial charge < -0.3 is 10.2 Å². The lowest BCUT2D eigenvalue weighted by atomic mass is 10.1. The molecule has 0 amide bonds. The Bertz CT molecular complexity index is 280. The standard InChI is InChI=1S/C12H19N3/c1-15(12-4-7-14-10-12)8-5-11-3-2-6-13-9-11/h2-3,6,9,12,14H,4-5,7-8,10H2,1H3. The Morgan fingerprint density at radius 2 is 2.53 bits per heavy atom. The van der Waals surface area contributed by atoms with Crippen LogP contribution in [-0.4, -0.2) is 42.6 Å². The Labute approximate surface area is 91.5 Å². The predicted molar refractivity (Wildman–Crippen MR) is 61.8 cm³/mol. The summed E-state index contributed by atoms with van der Waals surface area (Å²) in [6.07, 6.45) is 6.17. The minimum absolute atomic E-state index is 0.724. The van der Waals surface area contributed by atoms with Gasteiger partial charge in [-0.3, -0.25) is 4.98 Å².